The number of hydrogen-bond acceptors (Lipinski definition) is 13. The highest BCUT2D eigenvalue weighted by molar-refractivity contribution is 6.01. The van der Waals surface area contributed by atoms with Crippen molar-refractivity contribution in [2.75, 3.05) is 80.5 Å². The van der Waals surface area contributed by atoms with E-state index in [-0.39, 0.29) is 36.6 Å². The zero-order chi connectivity index (χ0) is 44.5. The second-order valence-electron chi connectivity index (χ2n) is 17.3. The van der Waals surface area contributed by atoms with Crippen LogP contribution in [-0.2, 0) is 22.6 Å². The highest BCUT2D eigenvalue weighted by Crippen LogP contribution is 2.39. The van der Waals surface area contributed by atoms with Crippen molar-refractivity contribution in [2.24, 2.45) is 5.73 Å². The molecule has 338 valence electrons. The van der Waals surface area contributed by atoms with Crippen LogP contribution in [0, 0.1) is 0 Å². The van der Waals surface area contributed by atoms with E-state index >= 15 is 8.78 Å². The van der Waals surface area contributed by atoms with Crippen LogP contribution in [0.3, 0.4) is 0 Å². The Kier molecular flexibility index (Phi) is 12.1. The van der Waals surface area contributed by atoms with E-state index in [1.54, 1.807) is 18.0 Å². The van der Waals surface area contributed by atoms with Gasteiger partial charge >= 0.3 is 0 Å². The van der Waals surface area contributed by atoms with Crippen molar-refractivity contribution in [2.45, 2.75) is 75.7 Å². The van der Waals surface area contributed by atoms with E-state index in [4.69, 9.17) is 15.5 Å². The third-order valence-corrected chi connectivity index (χ3v) is 12.9. The van der Waals surface area contributed by atoms with E-state index in [0.717, 1.165) is 52.4 Å². The number of anilines is 3. The summed E-state index contributed by atoms with van der Waals surface area (Å²) in [5, 5.41) is 8.74. The molecule has 18 heteroatoms. The van der Waals surface area contributed by atoms with Crippen molar-refractivity contribution >= 4 is 40.5 Å². The molecule has 10 rings (SSSR count). The minimum absolute atomic E-state index is 0.269. The first-order chi connectivity index (χ1) is 31.0. The number of rotatable bonds is 11. The number of imidazole rings is 1. The van der Waals surface area contributed by atoms with Crippen molar-refractivity contribution < 1.29 is 27.9 Å². The zero-order valence-corrected chi connectivity index (χ0v) is 36.3. The van der Waals surface area contributed by atoms with Crippen LogP contribution < -0.4 is 41.6 Å². The van der Waals surface area contributed by atoms with Gasteiger partial charge in [0.2, 0.25) is 11.8 Å². The van der Waals surface area contributed by atoms with Gasteiger partial charge in [0.15, 0.2) is 5.82 Å². The Hall–Kier alpha value is -6.27. The van der Waals surface area contributed by atoms with E-state index in [9.17, 15) is 14.4 Å². The number of methoxy groups -OCH3 is 1. The number of nitrogens with one attached hydrogen (secondary N) is 4. The molecule has 5 aliphatic heterocycles. The van der Waals surface area contributed by atoms with E-state index in [0.29, 0.717) is 69.4 Å². The number of piperidine rings is 2. The van der Waals surface area contributed by atoms with Crippen LogP contribution in [0.5, 0.6) is 5.75 Å². The maximum atomic E-state index is 15.9. The minimum atomic E-state index is -2.88. The van der Waals surface area contributed by atoms with Gasteiger partial charge in [-0.15, -0.1) is 0 Å². The minimum Gasteiger partial charge on any atom is -0.495 e. The summed E-state index contributed by atoms with van der Waals surface area (Å²) in [7, 11) is 3.38. The van der Waals surface area contributed by atoms with Gasteiger partial charge in [0.1, 0.15) is 23.7 Å². The number of benzene rings is 2. The van der Waals surface area contributed by atoms with Crippen LogP contribution in [0.1, 0.15) is 66.0 Å². The lowest BCUT2D eigenvalue weighted by molar-refractivity contribution is -0.133. The fourth-order valence-electron chi connectivity index (χ4n) is 9.42. The van der Waals surface area contributed by atoms with Crippen molar-refractivity contribution in [3.05, 3.63) is 89.6 Å². The molecule has 2 aromatic heterocycles. The number of nitrogens with zero attached hydrogens (tertiary/aromatic N) is 7. The monoisotopic (exact) mass is 878 g/mol. The number of nitrogens with two attached hydrogens (primary N) is 1. The fraction of sp³-hybridized carbons (Fsp3) is 0.457. The average molecular weight is 879 g/mol. The summed E-state index contributed by atoms with van der Waals surface area (Å²) in [6, 6.07) is 14.4. The number of carbonyl (C=O) groups excluding carboxylic acids is 3. The standard InChI is InChI=1S/C43H50F2N12O4.C3H6/c1-47-33-21-38(52-57-35(40(46)59)23-49-41(33)57)56-15-12-29-28(4-3-5-34(29)56)30-8-6-26(22-48-30)24-53-14-13-37(43(44,45)25-53)55-18-16-54(17-19-55)27-7-9-31(36(20-27)61-2)50-32-10-11-39(58)51-42(32)60;1-2-3-1/h3-9,20-23,32,37-38,47,50,52H,10-19,24-25H2,1-2H3,(H2,46,59)(H,51,58,60);1-3H2. The molecule has 3 atom stereocenters. The third kappa shape index (κ3) is 8.93. The topological polar surface area (TPSA) is 178 Å². The van der Waals surface area contributed by atoms with E-state index in [1.807, 2.05) is 59.3 Å². The molecule has 6 N–H and O–H groups in total. The molecule has 0 radical (unpaired) electrons. The molecule has 4 aromatic rings. The van der Waals surface area contributed by atoms with Crippen LogP contribution in [0.25, 0.3) is 17.0 Å². The Morgan fingerprint density at radius 3 is 2.47 bits per heavy atom. The number of hydrogen-bond donors (Lipinski definition) is 5. The summed E-state index contributed by atoms with van der Waals surface area (Å²) in [4.78, 5) is 53.3. The summed E-state index contributed by atoms with van der Waals surface area (Å²) < 4.78 is 39.1. The number of halogens is 2. The van der Waals surface area contributed by atoms with Gasteiger partial charge < -0.3 is 30.9 Å². The highest BCUT2D eigenvalue weighted by atomic mass is 19.3. The molecular formula is C46H56F2N12O4. The Morgan fingerprint density at radius 2 is 1.78 bits per heavy atom. The van der Waals surface area contributed by atoms with Gasteiger partial charge in [-0.05, 0) is 60.7 Å². The zero-order valence-electron chi connectivity index (χ0n) is 36.3. The summed E-state index contributed by atoms with van der Waals surface area (Å²) in [6.45, 7) is 3.57. The summed E-state index contributed by atoms with van der Waals surface area (Å²) >= 11 is 0. The number of fused-ring (bicyclic) bond motifs is 2. The largest absolute Gasteiger partial charge is 0.495 e. The van der Waals surface area contributed by atoms with Crippen LogP contribution >= 0.6 is 0 Å². The van der Waals surface area contributed by atoms with Crippen LogP contribution in [0.15, 0.2) is 67.0 Å². The molecule has 7 heterocycles. The number of piperazine rings is 1. The van der Waals surface area contributed by atoms with Gasteiger partial charge in [-0.1, -0.05) is 37.5 Å². The smallest absolute Gasteiger partial charge is 0.275 e. The second-order valence-corrected chi connectivity index (χ2v) is 17.3. The first-order valence-corrected chi connectivity index (χ1v) is 22.2. The third-order valence-electron chi connectivity index (χ3n) is 12.9. The number of primary amides is 1. The number of amides is 3. The fourth-order valence-corrected chi connectivity index (χ4v) is 9.42. The maximum Gasteiger partial charge on any atom is 0.275 e. The van der Waals surface area contributed by atoms with E-state index in [1.165, 1.54) is 25.5 Å². The molecule has 1 aliphatic carbocycles. The van der Waals surface area contributed by atoms with Gasteiger partial charge in [0, 0.05) is 88.5 Å². The summed E-state index contributed by atoms with van der Waals surface area (Å²) in [5.74, 6) is -2.94. The summed E-state index contributed by atoms with van der Waals surface area (Å²) in [6.07, 6.45) is 11.4. The number of likely N-dealkylation sites (tertiary alicyclic amines) is 1. The number of pyridine rings is 1. The van der Waals surface area contributed by atoms with Gasteiger partial charge in [0.05, 0.1) is 43.0 Å². The Labute approximate surface area is 371 Å². The maximum absolute atomic E-state index is 15.9. The quantitative estimate of drug-likeness (QED) is 0.137. The molecule has 3 unspecified atom stereocenters. The van der Waals surface area contributed by atoms with E-state index < -0.39 is 23.9 Å². The highest BCUT2D eigenvalue weighted by Gasteiger charge is 2.48. The second kappa shape index (κ2) is 18.1. The van der Waals surface area contributed by atoms with E-state index in [2.05, 4.69) is 48.3 Å². The number of ether oxygens (including phenoxy) is 1. The number of alkyl halides is 2. The van der Waals surface area contributed by atoms with Crippen molar-refractivity contribution in [3.8, 4) is 17.0 Å². The lowest BCUT2D eigenvalue weighted by atomic mass is 9.97. The number of imide groups is 1. The van der Waals surface area contributed by atoms with Crippen molar-refractivity contribution in [3.63, 3.8) is 0 Å². The predicted molar refractivity (Wildman–Crippen MR) is 241 cm³/mol. The van der Waals surface area contributed by atoms with Gasteiger partial charge in [-0.25, -0.2) is 18.4 Å². The molecule has 6 aliphatic rings. The average Bonchev–Trinajstić information content (AvgIpc) is 4.01. The first kappa shape index (κ1) is 43.0. The molecule has 0 bridgehead atoms. The van der Waals surface area contributed by atoms with Crippen LogP contribution in [0.4, 0.5) is 25.8 Å². The lowest BCUT2D eigenvalue weighted by Crippen LogP contribution is -2.61. The van der Waals surface area contributed by atoms with Gasteiger partial charge in [-0.3, -0.25) is 39.9 Å². The number of carbonyl (C=O) groups is 3. The van der Waals surface area contributed by atoms with Gasteiger partial charge in [0.25, 0.3) is 11.8 Å². The molecule has 3 amide bonds. The molecule has 4 fully saturated rings. The SMILES string of the molecule is C1CC1.CNC1=CC(N2CCc3c(-c4ccc(CN5CCC(N6CCN(c7ccc(NC8CCC(=O)NC8=O)c(OC)c7)CC6)C(F)(F)C5)cn4)cccc32)Nn2c(C(N)=O)cnc21. The van der Waals surface area contributed by atoms with Crippen LogP contribution in [-0.4, -0.2) is 126 Å². The van der Waals surface area contributed by atoms with Crippen molar-refractivity contribution in [1.29, 1.82) is 0 Å². The normalized spacial score (nSPS) is 22.8. The molecule has 64 heavy (non-hydrogen) atoms. The molecule has 16 nitrogen and oxygen atoms in total. The molecule has 0 spiro atoms. The van der Waals surface area contributed by atoms with Crippen molar-refractivity contribution in [1.82, 2.24) is 35.1 Å². The lowest BCUT2D eigenvalue weighted by Gasteiger charge is -2.46. The Balaban J connectivity index is 0.00000166. The van der Waals surface area contributed by atoms with Gasteiger partial charge in [-0.2, -0.15) is 0 Å². The summed E-state index contributed by atoms with van der Waals surface area (Å²) in [5.41, 5.74) is 16.6. The Bertz CT molecular complexity index is 2410. The molecular weight excluding hydrogens is 823 g/mol. The predicted octanol–water partition coefficient (Wildman–Crippen LogP) is 3.98. The van der Waals surface area contributed by atoms with Crippen LogP contribution in [0.2, 0.25) is 0 Å². The molecule has 2 aromatic carbocycles. The first-order valence-electron chi connectivity index (χ1n) is 22.2. The molecule has 1 saturated carbocycles. The molecule has 3 saturated heterocycles. The Morgan fingerprint density at radius 1 is 0.969 bits per heavy atom. The number of aromatic nitrogens is 3.